The maximum atomic E-state index is 13.0. The number of carboxylic acid groups (broad SMARTS) is 1. The van der Waals surface area contributed by atoms with E-state index in [1.807, 2.05) is 0 Å². The van der Waals surface area contributed by atoms with E-state index in [4.69, 9.17) is 5.11 Å². The maximum absolute atomic E-state index is 13.0. The van der Waals surface area contributed by atoms with Gasteiger partial charge in [0.1, 0.15) is 12.4 Å². The highest BCUT2D eigenvalue weighted by molar-refractivity contribution is 6.05. The van der Waals surface area contributed by atoms with Crippen LogP contribution in [0.4, 0.5) is 4.39 Å². The molecule has 2 rings (SSSR count). The summed E-state index contributed by atoms with van der Waals surface area (Å²) in [5.74, 6) is -3.23. The average Bonchev–Trinajstić information content (AvgIpc) is 2.57. The second kappa shape index (κ2) is 5.17. The molecule has 6 heteroatoms. The van der Waals surface area contributed by atoms with E-state index in [2.05, 4.69) is 0 Å². The number of halogens is 1. The third-order valence-electron chi connectivity index (χ3n) is 3.00. The summed E-state index contributed by atoms with van der Waals surface area (Å²) >= 11 is 0. The minimum atomic E-state index is -1.23. The van der Waals surface area contributed by atoms with E-state index in [0.29, 0.717) is 5.56 Å². The third-order valence-corrected chi connectivity index (χ3v) is 3.00. The number of imide groups is 1. The number of hydrogen-bond donors (Lipinski definition) is 1. The van der Waals surface area contributed by atoms with Crippen molar-refractivity contribution in [2.24, 2.45) is 5.92 Å². The first kappa shape index (κ1) is 13.2. The highest BCUT2D eigenvalue weighted by Gasteiger charge is 2.39. The molecular weight excluding hydrogens is 253 g/mol. The molecule has 1 aliphatic heterocycles. The lowest BCUT2D eigenvalue weighted by atomic mass is 9.98. The minimum Gasteiger partial charge on any atom is -0.480 e. The van der Waals surface area contributed by atoms with Gasteiger partial charge in [-0.15, -0.1) is 0 Å². The van der Waals surface area contributed by atoms with E-state index in [1.165, 1.54) is 18.2 Å². The van der Waals surface area contributed by atoms with E-state index in [9.17, 15) is 18.8 Å². The molecule has 1 fully saturated rings. The van der Waals surface area contributed by atoms with Gasteiger partial charge < -0.3 is 5.11 Å². The Morgan fingerprint density at radius 2 is 2.16 bits per heavy atom. The number of carboxylic acids is 1. The SMILES string of the molecule is O=C(O)CN1C(=O)CC(Cc2cccc(F)c2)C1=O. The fourth-order valence-corrected chi connectivity index (χ4v) is 2.16. The molecule has 0 aromatic heterocycles. The van der Waals surface area contributed by atoms with Crippen LogP contribution in [0.3, 0.4) is 0 Å². The van der Waals surface area contributed by atoms with Gasteiger partial charge in [-0.25, -0.2) is 4.39 Å². The van der Waals surface area contributed by atoms with Crippen LogP contribution in [0.2, 0.25) is 0 Å². The van der Waals surface area contributed by atoms with Crippen LogP contribution < -0.4 is 0 Å². The summed E-state index contributed by atoms with van der Waals surface area (Å²) in [5.41, 5.74) is 0.614. The van der Waals surface area contributed by atoms with Crippen LogP contribution in [0.15, 0.2) is 24.3 Å². The molecule has 1 aliphatic rings. The van der Waals surface area contributed by atoms with E-state index < -0.39 is 36.1 Å². The Labute approximate surface area is 108 Å². The first-order chi connectivity index (χ1) is 8.97. The van der Waals surface area contributed by atoms with Gasteiger partial charge in [0.25, 0.3) is 0 Å². The third kappa shape index (κ3) is 2.96. The zero-order chi connectivity index (χ0) is 14.0. The number of benzene rings is 1. The molecule has 1 heterocycles. The highest BCUT2D eigenvalue weighted by atomic mass is 19.1. The van der Waals surface area contributed by atoms with Crippen LogP contribution in [-0.2, 0) is 20.8 Å². The Kier molecular flexibility index (Phi) is 3.59. The van der Waals surface area contributed by atoms with Gasteiger partial charge >= 0.3 is 5.97 Å². The lowest BCUT2D eigenvalue weighted by molar-refractivity contribution is -0.149. The molecule has 0 radical (unpaired) electrons. The van der Waals surface area contributed by atoms with Crippen LogP contribution in [-0.4, -0.2) is 34.3 Å². The van der Waals surface area contributed by atoms with Crippen molar-refractivity contribution < 1.29 is 23.9 Å². The number of carbonyl (C=O) groups is 3. The van der Waals surface area contributed by atoms with E-state index in [1.54, 1.807) is 6.07 Å². The predicted octanol–water partition coefficient (Wildman–Crippen LogP) is 0.828. The Morgan fingerprint density at radius 1 is 1.42 bits per heavy atom. The zero-order valence-corrected chi connectivity index (χ0v) is 10.0. The molecule has 0 aliphatic carbocycles. The molecule has 100 valence electrons. The number of aliphatic carboxylic acids is 1. The van der Waals surface area contributed by atoms with Crippen LogP contribution in [0.1, 0.15) is 12.0 Å². The molecule has 0 spiro atoms. The Morgan fingerprint density at radius 3 is 2.79 bits per heavy atom. The molecule has 1 aromatic rings. The van der Waals surface area contributed by atoms with Crippen molar-refractivity contribution in [2.75, 3.05) is 6.54 Å². The molecule has 19 heavy (non-hydrogen) atoms. The summed E-state index contributed by atoms with van der Waals surface area (Å²) in [4.78, 5) is 34.7. The van der Waals surface area contributed by atoms with Crippen molar-refractivity contribution in [1.82, 2.24) is 4.90 Å². The molecule has 1 saturated heterocycles. The summed E-state index contributed by atoms with van der Waals surface area (Å²) in [5, 5.41) is 8.63. The predicted molar refractivity (Wildman–Crippen MR) is 62.6 cm³/mol. The first-order valence-corrected chi connectivity index (χ1v) is 5.78. The van der Waals surface area contributed by atoms with E-state index in [0.717, 1.165) is 4.90 Å². The van der Waals surface area contributed by atoms with Gasteiger partial charge in [0, 0.05) is 6.42 Å². The molecule has 1 aromatic carbocycles. The molecular formula is C13H12FNO4. The van der Waals surface area contributed by atoms with Crippen molar-refractivity contribution in [3.8, 4) is 0 Å². The standard InChI is InChI=1S/C13H12FNO4/c14-10-3-1-2-8(5-10)4-9-6-11(16)15(13(9)19)7-12(17)18/h1-3,5,9H,4,6-7H2,(H,17,18). The quantitative estimate of drug-likeness (QED) is 0.818. The summed E-state index contributed by atoms with van der Waals surface area (Å²) in [6.45, 7) is -0.614. The molecule has 2 amide bonds. The molecule has 1 unspecified atom stereocenters. The number of carbonyl (C=O) groups excluding carboxylic acids is 2. The van der Waals surface area contributed by atoms with Gasteiger partial charge in [-0.05, 0) is 24.1 Å². The normalized spacial score (nSPS) is 19.0. The zero-order valence-electron chi connectivity index (χ0n) is 10.0. The summed E-state index contributed by atoms with van der Waals surface area (Å²) in [6, 6.07) is 5.79. The molecule has 5 nitrogen and oxygen atoms in total. The number of nitrogens with zero attached hydrogens (tertiary/aromatic N) is 1. The van der Waals surface area contributed by atoms with Crippen LogP contribution >= 0.6 is 0 Å². The monoisotopic (exact) mass is 265 g/mol. The van der Waals surface area contributed by atoms with Crippen LogP contribution in [0.25, 0.3) is 0 Å². The van der Waals surface area contributed by atoms with Crippen LogP contribution in [0, 0.1) is 11.7 Å². The Balaban J connectivity index is 2.09. The first-order valence-electron chi connectivity index (χ1n) is 5.78. The molecule has 0 saturated carbocycles. The number of rotatable bonds is 4. The van der Waals surface area contributed by atoms with Gasteiger partial charge in [-0.3, -0.25) is 19.3 Å². The second-order valence-corrected chi connectivity index (χ2v) is 4.45. The lowest BCUT2D eigenvalue weighted by Gasteiger charge is -2.12. The fourth-order valence-electron chi connectivity index (χ4n) is 2.16. The van der Waals surface area contributed by atoms with Crippen molar-refractivity contribution >= 4 is 17.8 Å². The smallest absolute Gasteiger partial charge is 0.323 e. The van der Waals surface area contributed by atoms with Gasteiger partial charge in [0.15, 0.2) is 0 Å². The van der Waals surface area contributed by atoms with Crippen molar-refractivity contribution in [3.63, 3.8) is 0 Å². The van der Waals surface area contributed by atoms with Crippen molar-refractivity contribution in [2.45, 2.75) is 12.8 Å². The van der Waals surface area contributed by atoms with Crippen LogP contribution in [0.5, 0.6) is 0 Å². The number of amides is 2. The Hall–Kier alpha value is -2.24. The minimum absolute atomic E-state index is 0.0252. The van der Waals surface area contributed by atoms with Gasteiger partial charge in [0.2, 0.25) is 11.8 Å². The molecule has 1 N–H and O–H groups in total. The van der Waals surface area contributed by atoms with Gasteiger partial charge in [-0.2, -0.15) is 0 Å². The van der Waals surface area contributed by atoms with Gasteiger partial charge in [-0.1, -0.05) is 12.1 Å². The fraction of sp³-hybridized carbons (Fsp3) is 0.308. The Bertz CT molecular complexity index is 543. The van der Waals surface area contributed by atoms with Gasteiger partial charge in [0.05, 0.1) is 5.92 Å². The number of likely N-dealkylation sites (tertiary alicyclic amines) is 1. The second-order valence-electron chi connectivity index (χ2n) is 4.45. The van der Waals surface area contributed by atoms with Crippen molar-refractivity contribution in [1.29, 1.82) is 0 Å². The summed E-state index contributed by atoms with van der Waals surface area (Å²) < 4.78 is 13.0. The van der Waals surface area contributed by atoms with E-state index >= 15 is 0 Å². The topological polar surface area (TPSA) is 74.7 Å². The highest BCUT2D eigenvalue weighted by Crippen LogP contribution is 2.23. The molecule has 1 atom stereocenters. The molecule has 0 bridgehead atoms. The van der Waals surface area contributed by atoms with E-state index in [-0.39, 0.29) is 12.8 Å². The lowest BCUT2D eigenvalue weighted by Crippen LogP contribution is -2.35. The average molecular weight is 265 g/mol. The summed E-state index contributed by atoms with van der Waals surface area (Å²) in [7, 11) is 0. The number of hydrogen-bond acceptors (Lipinski definition) is 3. The summed E-state index contributed by atoms with van der Waals surface area (Å²) in [6.07, 6.45) is 0.209. The maximum Gasteiger partial charge on any atom is 0.323 e. The van der Waals surface area contributed by atoms with Crippen molar-refractivity contribution in [3.05, 3.63) is 35.6 Å². The largest absolute Gasteiger partial charge is 0.480 e.